The number of nitrogens with zero attached hydrogens (tertiary/aromatic N) is 2. The number of halogens is 1. The molecule has 0 bridgehead atoms. The first-order chi connectivity index (χ1) is 8.11. The molecule has 2 heterocycles. The van der Waals surface area contributed by atoms with E-state index in [9.17, 15) is 8.42 Å². The minimum absolute atomic E-state index is 0. The van der Waals surface area contributed by atoms with E-state index in [-0.39, 0.29) is 29.8 Å². The summed E-state index contributed by atoms with van der Waals surface area (Å²) >= 11 is 0. The van der Waals surface area contributed by atoms with Gasteiger partial charge >= 0.3 is 0 Å². The molecule has 1 aliphatic heterocycles. The van der Waals surface area contributed by atoms with Crippen molar-refractivity contribution in [2.45, 2.75) is 25.2 Å². The third-order valence-electron chi connectivity index (χ3n) is 3.12. The van der Waals surface area contributed by atoms with Crippen molar-refractivity contribution < 1.29 is 8.42 Å². The summed E-state index contributed by atoms with van der Waals surface area (Å²) in [6.45, 7) is 0.543. The number of rotatable bonds is 3. The van der Waals surface area contributed by atoms with Crippen molar-refractivity contribution in [2.24, 2.45) is 5.73 Å². The highest BCUT2D eigenvalue weighted by atomic mass is 35.5. The number of aromatic nitrogens is 2. The van der Waals surface area contributed by atoms with E-state index < -0.39 is 9.84 Å². The number of hydrogen-bond acceptors (Lipinski definition) is 5. The summed E-state index contributed by atoms with van der Waals surface area (Å²) in [5, 5.41) is 0. The smallest absolute Gasteiger partial charge is 0.150 e. The van der Waals surface area contributed by atoms with Crippen LogP contribution in [0.25, 0.3) is 0 Å². The van der Waals surface area contributed by atoms with Crippen molar-refractivity contribution in [3.8, 4) is 0 Å². The van der Waals surface area contributed by atoms with Crippen LogP contribution in [0, 0.1) is 0 Å². The maximum absolute atomic E-state index is 11.3. The van der Waals surface area contributed by atoms with Gasteiger partial charge in [-0.1, -0.05) is 0 Å². The van der Waals surface area contributed by atoms with Crippen LogP contribution in [-0.4, -0.2) is 36.4 Å². The zero-order valence-electron chi connectivity index (χ0n) is 10.1. The van der Waals surface area contributed by atoms with Crippen molar-refractivity contribution in [3.63, 3.8) is 0 Å². The minimum atomic E-state index is -2.80. The summed E-state index contributed by atoms with van der Waals surface area (Å²) in [5.74, 6) is 1.59. The maximum atomic E-state index is 11.3. The molecule has 5 nitrogen and oxygen atoms in total. The standard InChI is InChI=1S/C11H17N3O2S.ClH/c12-4-1-11-13-7-10(8-14-11)9-2-5-17(15,16)6-3-9;/h7-9H,1-6,12H2;1H. The van der Waals surface area contributed by atoms with Crippen LogP contribution in [-0.2, 0) is 16.3 Å². The van der Waals surface area contributed by atoms with Gasteiger partial charge in [-0.05, 0) is 30.9 Å². The van der Waals surface area contributed by atoms with Crippen molar-refractivity contribution in [2.75, 3.05) is 18.1 Å². The Morgan fingerprint density at radius 3 is 2.28 bits per heavy atom. The van der Waals surface area contributed by atoms with Crippen LogP contribution in [0.5, 0.6) is 0 Å². The van der Waals surface area contributed by atoms with E-state index in [1.807, 2.05) is 0 Å². The van der Waals surface area contributed by atoms with Gasteiger partial charge in [0, 0.05) is 18.8 Å². The molecule has 2 N–H and O–H groups in total. The van der Waals surface area contributed by atoms with Crippen molar-refractivity contribution in [1.29, 1.82) is 0 Å². The van der Waals surface area contributed by atoms with Crippen LogP contribution in [0.1, 0.15) is 30.1 Å². The van der Waals surface area contributed by atoms with Gasteiger partial charge in [-0.2, -0.15) is 0 Å². The zero-order valence-corrected chi connectivity index (χ0v) is 11.7. The Morgan fingerprint density at radius 1 is 1.22 bits per heavy atom. The van der Waals surface area contributed by atoms with Crippen molar-refractivity contribution in [1.82, 2.24) is 9.97 Å². The third kappa shape index (κ3) is 3.90. The summed E-state index contributed by atoms with van der Waals surface area (Å²) in [6, 6.07) is 0. The molecule has 0 spiro atoms. The van der Waals surface area contributed by atoms with Gasteiger partial charge in [0.15, 0.2) is 0 Å². The van der Waals surface area contributed by atoms with E-state index in [4.69, 9.17) is 5.73 Å². The largest absolute Gasteiger partial charge is 0.330 e. The molecule has 0 atom stereocenters. The van der Waals surface area contributed by atoms with E-state index in [2.05, 4.69) is 9.97 Å². The fraction of sp³-hybridized carbons (Fsp3) is 0.636. The third-order valence-corrected chi connectivity index (χ3v) is 4.83. The lowest BCUT2D eigenvalue weighted by Crippen LogP contribution is -2.22. The molecule has 0 unspecified atom stereocenters. The zero-order chi connectivity index (χ0) is 12.3. The highest BCUT2D eigenvalue weighted by Gasteiger charge is 2.24. The summed E-state index contributed by atoms with van der Waals surface area (Å²) in [4.78, 5) is 8.48. The molecule has 7 heteroatoms. The van der Waals surface area contributed by atoms with Crippen molar-refractivity contribution in [3.05, 3.63) is 23.8 Å². The predicted octanol–water partition coefficient (Wildman–Crippen LogP) is 0.692. The van der Waals surface area contributed by atoms with Crippen LogP contribution in [0.2, 0.25) is 0 Å². The highest BCUT2D eigenvalue weighted by Crippen LogP contribution is 2.28. The molecular formula is C11H18ClN3O2S. The lowest BCUT2D eigenvalue weighted by atomic mass is 9.96. The normalized spacial score (nSPS) is 19.2. The first-order valence-corrected chi connectivity index (χ1v) is 7.64. The molecule has 1 aliphatic rings. The Bertz CT molecular complexity index is 462. The van der Waals surface area contributed by atoms with Gasteiger partial charge in [0.2, 0.25) is 0 Å². The van der Waals surface area contributed by atoms with Crippen LogP contribution < -0.4 is 5.73 Å². The van der Waals surface area contributed by atoms with Gasteiger partial charge in [0.05, 0.1) is 11.5 Å². The van der Waals surface area contributed by atoms with E-state index in [1.54, 1.807) is 12.4 Å². The van der Waals surface area contributed by atoms with E-state index >= 15 is 0 Å². The van der Waals surface area contributed by atoms with Crippen LogP contribution in [0.3, 0.4) is 0 Å². The molecule has 0 amide bonds. The quantitative estimate of drug-likeness (QED) is 0.885. The summed E-state index contributed by atoms with van der Waals surface area (Å²) in [7, 11) is -2.80. The second kappa shape index (κ2) is 6.45. The Morgan fingerprint density at radius 2 is 1.78 bits per heavy atom. The second-order valence-corrected chi connectivity index (χ2v) is 6.70. The molecule has 0 radical (unpaired) electrons. The topological polar surface area (TPSA) is 85.9 Å². The first kappa shape index (κ1) is 15.3. The molecule has 1 saturated heterocycles. The number of hydrogen-bond donors (Lipinski definition) is 1. The number of nitrogens with two attached hydrogens (primary N) is 1. The maximum Gasteiger partial charge on any atom is 0.150 e. The molecule has 18 heavy (non-hydrogen) atoms. The molecule has 2 rings (SSSR count). The van der Waals surface area contributed by atoms with Crippen LogP contribution in [0.15, 0.2) is 12.4 Å². The SMILES string of the molecule is Cl.NCCc1ncc(C2CCS(=O)(=O)CC2)cn1. The van der Waals surface area contributed by atoms with Crippen LogP contribution in [0.4, 0.5) is 0 Å². The van der Waals surface area contributed by atoms with E-state index in [0.29, 0.717) is 25.8 Å². The molecule has 102 valence electrons. The highest BCUT2D eigenvalue weighted by molar-refractivity contribution is 7.91. The van der Waals surface area contributed by atoms with Gasteiger partial charge < -0.3 is 5.73 Å². The van der Waals surface area contributed by atoms with E-state index in [0.717, 1.165) is 11.4 Å². The molecule has 1 aromatic rings. The molecule has 0 aromatic carbocycles. The Labute approximate surface area is 114 Å². The van der Waals surface area contributed by atoms with Gasteiger partial charge in [0.25, 0.3) is 0 Å². The average Bonchev–Trinajstić information content (AvgIpc) is 2.31. The Kier molecular flexibility index (Phi) is 5.49. The molecular weight excluding hydrogens is 274 g/mol. The predicted molar refractivity (Wildman–Crippen MR) is 72.7 cm³/mol. The fourth-order valence-electron chi connectivity index (χ4n) is 2.06. The summed E-state index contributed by atoms with van der Waals surface area (Å²) in [6.07, 6.45) is 5.66. The van der Waals surface area contributed by atoms with Gasteiger partial charge in [-0.15, -0.1) is 12.4 Å². The monoisotopic (exact) mass is 291 g/mol. The average molecular weight is 292 g/mol. The Balaban J connectivity index is 0.00000162. The van der Waals surface area contributed by atoms with E-state index in [1.165, 1.54) is 0 Å². The van der Waals surface area contributed by atoms with Gasteiger partial charge in [0.1, 0.15) is 15.7 Å². The molecule has 0 aliphatic carbocycles. The molecule has 0 saturated carbocycles. The lowest BCUT2D eigenvalue weighted by molar-refractivity contribution is 0.548. The lowest BCUT2D eigenvalue weighted by Gasteiger charge is -2.21. The molecule has 1 fully saturated rings. The van der Waals surface area contributed by atoms with Crippen molar-refractivity contribution >= 4 is 22.2 Å². The van der Waals surface area contributed by atoms with Gasteiger partial charge in [-0.3, -0.25) is 0 Å². The fourth-order valence-corrected chi connectivity index (χ4v) is 3.55. The summed E-state index contributed by atoms with van der Waals surface area (Å²) in [5.41, 5.74) is 6.47. The van der Waals surface area contributed by atoms with Crippen LogP contribution >= 0.6 is 12.4 Å². The second-order valence-electron chi connectivity index (χ2n) is 4.40. The minimum Gasteiger partial charge on any atom is -0.330 e. The number of sulfone groups is 1. The summed E-state index contributed by atoms with van der Waals surface area (Å²) < 4.78 is 22.6. The first-order valence-electron chi connectivity index (χ1n) is 5.82. The molecule has 1 aromatic heterocycles. The van der Waals surface area contributed by atoms with Gasteiger partial charge in [-0.25, -0.2) is 18.4 Å². The Hall–Kier alpha value is -0.720.